The maximum absolute atomic E-state index is 13.9. The molecule has 1 unspecified atom stereocenters. The molecule has 1 aromatic heterocycles. The average Bonchev–Trinajstić information content (AvgIpc) is 3.07. The summed E-state index contributed by atoms with van der Waals surface area (Å²) < 4.78 is 18.8. The topological polar surface area (TPSA) is 43.4 Å². The van der Waals surface area contributed by atoms with Crippen LogP contribution in [-0.2, 0) is 4.79 Å². The third-order valence-electron chi connectivity index (χ3n) is 2.98. The molecule has 92 valence electrons. The van der Waals surface area contributed by atoms with Crippen LogP contribution in [0.4, 0.5) is 4.39 Å². The molecular formula is C12H13FO3S. The Bertz CT molecular complexity index is 463. The van der Waals surface area contributed by atoms with Crippen LogP contribution in [0.3, 0.4) is 0 Å². The van der Waals surface area contributed by atoms with Gasteiger partial charge in [0.2, 0.25) is 0 Å². The highest BCUT2D eigenvalue weighted by molar-refractivity contribution is 7.14. The summed E-state index contributed by atoms with van der Waals surface area (Å²) in [4.78, 5) is 23.6. The van der Waals surface area contributed by atoms with Crippen molar-refractivity contribution in [2.75, 3.05) is 7.11 Å². The number of methoxy groups -OCH3 is 1. The lowest BCUT2D eigenvalue weighted by molar-refractivity contribution is -0.110. The largest absolute Gasteiger partial charge is 0.492 e. The molecule has 0 radical (unpaired) electrons. The van der Waals surface area contributed by atoms with Gasteiger partial charge in [0.15, 0.2) is 17.3 Å². The van der Waals surface area contributed by atoms with Gasteiger partial charge in [0, 0.05) is 4.88 Å². The Labute approximate surface area is 103 Å². The molecule has 1 aliphatic carbocycles. The number of carbonyl (C=O) groups excluding carboxylic acids is 2. The quantitative estimate of drug-likeness (QED) is 0.462. The first-order chi connectivity index (χ1) is 8.10. The summed E-state index contributed by atoms with van der Waals surface area (Å²) in [5.74, 6) is -1.51. The molecule has 1 fully saturated rings. The van der Waals surface area contributed by atoms with Gasteiger partial charge in [0.1, 0.15) is 11.2 Å². The molecule has 0 saturated heterocycles. The Morgan fingerprint density at radius 1 is 1.59 bits per heavy atom. The lowest BCUT2D eigenvalue weighted by atomic mass is 9.99. The van der Waals surface area contributed by atoms with E-state index in [1.807, 2.05) is 0 Å². The van der Waals surface area contributed by atoms with Gasteiger partial charge in [-0.3, -0.25) is 4.79 Å². The highest BCUT2D eigenvalue weighted by Gasteiger charge is 2.38. The monoisotopic (exact) mass is 256 g/mol. The molecule has 3 nitrogen and oxygen atoms in total. The summed E-state index contributed by atoms with van der Waals surface area (Å²) in [6.07, 6.45) is 2.39. The molecule has 1 heterocycles. The fourth-order valence-corrected chi connectivity index (χ4v) is 2.88. The third-order valence-corrected chi connectivity index (χ3v) is 4.06. The zero-order valence-corrected chi connectivity index (χ0v) is 10.5. The van der Waals surface area contributed by atoms with E-state index >= 15 is 0 Å². The Hall–Kier alpha value is -1.23. The molecule has 0 spiro atoms. The van der Waals surface area contributed by atoms with Crippen molar-refractivity contribution in [1.29, 1.82) is 0 Å². The van der Waals surface area contributed by atoms with E-state index in [1.165, 1.54) is 7.11 Å². The average molecular weight is 256 g/mol. The van der Waals surface area contributed by atoms with Crippen molar-refractivity contribution >= 4 is 23.4 Å². The van der Waals surface area contributed by atoms with Crippen molar-refractivity contribution in [3.63, 3.8) is 0 Å². The number of ether oxygens (including phenoxy) is 1. The fraction of sp³-hybridized carbons (Fsp3) is 0.500. The molecule has 0 aromatic carbocycles. The molecule has 0 amide bonds. The minimum absolute atomic E-state index is 0.0170. The van der Waals surface area contributed by atoms with E-state index < -0.39 is 17.5 Å². The van der Waals surface area contributed by atoms with E-state index in [9.17, 15) is 14.0 Å². The van der Waals surface area contributed by atoms with Crippen LogP contribution >= 0.6 is 11.3 Å². The van der Waals surface area contributed by atoms with Crippen LogP contribution in [0.5, 0.6) is 5.75 Å². The van der Waals surface area contributed by atoms with Crippen molar-refractivity contribution in [3.05, 3.63) is 15.6 Å². The molecule has 1 aromatic rings. The number of Topliss-reactive ketones (excluding diaryl/α,β-unsaturated/α-hetero) is 1. The van der Waals surface area contributed by atoms with Gasteiger partial charge in [0.05, 0.1) is 13.0 Å². The molecule has 2 rings (SSSR count). The van der Waals surface area contributed by atoms with Crippen molar-refractivity contribution in [3.8, 4) is 5.75 Å². The number of hydrogen-bond acceptors (Lipinski definition) is 4. The number of carbonyl (C=O) groups is 2. The summed E-state index contributed by atoms with van der Waals surface area (Å²) in [6, 6.07) is 0. The van der Waals surface area contributed by atoms with Crippen LogP contribution in [0, 0.1) is 24.6 Å². The van der Waals surface area contributed by atoms with Crippen LogP contribution in [0.25, 0.3) is 0 Å². The van der Waals surface area contributed by atoms with Crippen LogP contribution in [0.1, 0.15) is 27.4 Å². The zero-order chi connectivity index (χ0) is 12.6. The van der Waals surface area contributed by atoms with Gasteiger partial charge in [-0.05, 0) is 25.7 Å². The normalized spacial score (nSPS) is 16.6. The van der Waals surface area contributed by atoms with E-state index in [0.717, 1.165) is 24.2 Å². The van der Waals surface area contributed by atoms with Crippen molar-refractivity contribution in [1.82, 2.24) is 0 Å². The second kappa shape index (κ2) is 4.56. The Morgan fingerprint density at radius 2 is 2.24 bits per heavy atom. The number of hydrogen-bond donors (Lipinski definition) is 0. The van der Waals surface area contributed by atoms with E-state index in [1.54, 1.807) is 6.92 Å². The fourth-order valence-electron chi connectivity index (χ4n) is 1.89. The van der Waals surface area contributed by atoms with Crippen LogP contribution in [0.15, 0.2) is 0 Å². The summed E-state index contributed by atoms with van der Waals surface area (Å²) in [7, 11) is 1.37. The maximum Gasteiger partial charge on any atom is 0.186 e. The molecule has 1 aliphatic rings. The molecular weight excluding hydrogens is 243 g/mol. The van der Waals surface area contributed by atoms with Crippen molar-refractivity contribution < 1.29 is 18.7 Å². The molecule has 1 atom stereocenters. The van der Waals surface area contributed by atoms with Crippen molar-refractivity contribution in [2.45, 2.75) is 19.8 Å². The first-order valence-corrected chi connectivity index (χ1v) is 6.24. The number of aryl methyl sites for hydroxylation is 1. The first-order valence-electron chi connectivity index (χ1n) is 5.42. The summed E-state index contributed by atoms with van der Waals surface area (Å²) in [5.41, 5.74) is 0. The molecule has 5 heteroatoms. The van der Waals surface area contributed by atoms with E-state index in [2.05, 4.69) is 0 Å². The van der Waals surface area contributed by atoms with Gasteiger partial charge in [-0.2, -0.15) is 0 Å². The number of aldehydes is 1. The lowest BCUT2D eigenvalue weighted by Crippen LogP contribution is -2.18. The van der Waals surface area contributed by atoms with Gasteiger partial charge in [-0.15, -0.1) is 11.3 Å². The summed E-state index contributed by atoms with van der Waals surface area (Å²) in [6.45, 7) is 1.69. The highest BCUT2D eigenvalue weighted by atomic mass is 32.1. The van der Waals surface area contributed by atoms with Crippen LogP contribution in [-0.4, -0.2) is 19.2 Å². The van der Waals surface area contributed by atoms with Gasteiger partial charge in [-0.25, -0.2) is 4.39 Å². The van der Waals surface area contributed by atoms with Crippen LogP contribution in [0.2, 0.25) is 0 Å². The summed E-state index contributed by atoms with van der Waals surface area (Å²) >= 11 is 1.05. The smallest absolute Gasteiger partial charge is 0.186 e. The number of thiophene rings is 1. The molecule has 0 N–H and O–H groups in total. The predicted molar refractivity (Wildman–Crippen MR) is 62.2 cm³/mol. The highest BCUT2D eigenvalue weighted by Crippen LogP contribution is 2.40. The number of halogens is 1. The van der Waals surface area contributed by atoms with E-state index in [0.29, 0.717) is 11.2 Å². The first kappa shape index (κ1) is 12.2. The molecule has 0 bridgehead atoms. The Balaban J connectivity index is 2.33. The Morgan fingerprint density at radius 3 is 2.65 bits per heavy atom. The second-order valence-corrected chi connectivity index (χ2v) is 5.42. The van der Waals surface area contributed by atoms with Gasteiger partial charge in [-0.1, -0.05) is 0 Å². The molecule has 17 heavy (non-hydrogen) atoms. The summed E-state index contributed by atoms with van der Waals surface area (Å²) in [5, 5.41) is 0. The van der Waals surface area contributed by atoms with Gasteiger partial charge in [0.25, 0.3) is 0 Å². The second-order valence-electron chi connectivity index (χ2n) is 4.20. The van der Waals surface area contributed by atoms with Gasteiger partial charge >= 0.3 is 0 Å². The third kappa shape index (κ3) is 2.11. The van der Waals surface area contributed by atoms with Crippen LogP contribution < -0.4 is 4.74 Å². The van der Waals surface area contributed by atoms with E-state index in [-0.39, 0.29) is 16.5 Å². The molecule has 0 aliphatic heterocycles. The SMILES string of the molecule is COc1c(C)sc(C(=O)C(C=O)C2CC2)c1F. The minimum atomic E-state index is -0.688. The van der Waals surface area contributed by atoms with Gasteiger partial charge < -0.3 is 9.53 Å². The zero-order valence-electron chi connectivity index (χ0n) is 9.66. The minimum Gasteiger partial charge on any atom is -0.492 e. The van der Waals surface area contributed by atoms with Crippen molar-refractivity contribution in [2.24, 2.45) is 11.8 Å². The Kier molecular flexibility index (Phi) is 3.28. The molecule has 1 saturated carbocycles. The number of ketones is 1. The maximum atomic E-state index is 13.9. The predicted octanol–water partition coefficient (Wildman–Crippen LogP) is 2.61. The van der Waals surface area contributed by atoms with E-state index in [4.69, 9.17) is 4.74 Å². The standard InChI is InChI=1S/C12H13FO3S/c1-6-11(16-2)9(13)12(17-6)10(15)8(5-14)7-3-4-7/h5,7-8H,3-4H2,1-2H3. The lowest BCUT2D eigenvalue weighted by Gasteiger charge is -2.05. The number of rotatable bonds is 5.